The Hall–Kier alpha value is -0.960. The van der Waals surface area contributed by atoms with Crippen molar-refractivity contribution in [1.82, 2.24) is 9.88 Å². The molecule has 1 atom stereocenters. The van der Waals surface area contributed by atoms with Crippen LogP contribution in [0.15, 0.2) is 36.5 Å². The van der Waals surface area contributed by atoms with Crippen LogP contribution in [-0.2, 0) is 13.1 Å². The van der Waals surface area contributed by atoms with Crippen molar-refractivity contribution >= 4 is 23.2 Å². The van der Waals surface area contributed by atoms with Crippen molar-refractivity contribution in [2.75, 3.05) is 0 Å². The zero-order valence-electron chi connectivity index (χ0n) is 11.9. The van der Waals surface area contributed by atoms with Crippen molar-refractivity contribution in [3.8, 4) is 0 Å². The summed E-state index contributed by atoms with van der Waals surface area (Å²) < 4.78 is 2.29. The summed E-state index contributed by atoms with van der Waals surface area (Å²) in [5.41, 5.74) is 2.45. The van der Waals surface area contributed by atoms with E-state index in [0.29, 0.717) is 10.0 Å². The number of nitrogens with one attached hydrogen (secondary N) is 1. The highest BCUT2D eigenvalue weighted by molar-refractivity contribution is 6.42. The summed E-state index contributed by atoms with van der Waals surface area (Å²) in [4.78, 5) is 0. The van der Waals surface area contributed by atoms with Gasteiger partial charge in [-0.15, -0.1) is 0 Å². The van der Waals surface area contributed by atoms with E-state index in [0.717, 1.165) is 25.1 Å². The van der Waals surface area contributed by atoms with Crippen LogP contribution >= 0.6 is 23.2 Å². The Morgan fingerprint density at radius 2 is 2.00 bits per heavy atom. The molecule has 1 aromatic carbocycles. The predicted molar refractivity (Wildman–Crippen MR) is 86.4 cm³/mol. The molecule has 0 aliphatic carbocycles. The lowest BCUT2D eigenvalue weighted by Crippen LogP contribution is -2.20. The van der Waals surface area contributed by atoms with E-state index < -0.39 is 0 Å². The van der Waals surface area contributed by atoms with Crippen molar-refractivity contribution in [2.45, 2.75) is 39.4 Å². The van der Waals surface area contributed by atoms with Crippen LogP contribution in [0.25, 0.3) is 0 Å². The molecule has 0 bridgehead atoms. The molecule has 1 unspecified atom stereocenters. The van der Waals surface area contributed by atoms with E-state index in [-0.39, 0.29) is 6.04 Å². The number of aromatic nitrogens is 1. The van der Waals surface area contributed by atoms with Gasteiger partial charge in [0.05, 0.1) is 10.0 Å². The molecule has 0 fully saturated rings. The van der Waals surface area contributed by atoms with Crippen LogP contribution in [0.2, 0.25) is 10.0 Å². The van der Waals surface area contributed by atoms with Gasteiger partial charge < -0.3 is 9.88 Å². The van der Waals surface area contributed by atoms with Crippen LogP contribution < -0.4 is 5.32 Å². The standard InChI is InChI=1S/C16H20Cl2N2/c1-3-8-20-9-4-5-14(20)11-19-12(2)13-6-7-15(17)16(18)10-13/h4-7,9-10,12,19H,3,8,11H2,1-2H3. The average molecular weight is 311 g/mol. The third-order valence-electron chi connectivity index (χ3n) is 3.42. The lowest BCUT2D eigenvalue weighted by molar-refractivity contribution is 0.542. The maximum absolute atomic E-state index is 6.06. The van der Waals surface area contributed by atoms with Crippen LogP contribution in [0, 0.1) is 0 Å². The van der Waals surface area contributed by atoms with Gasteiger partial charge in [0, 0.05) is 31.0 Å². The average Bonchev–Trinajstić information content (AvgIpc) is 2.87. The Kier molecular flexibility index (Phi) is 5.53. The normalized spacial score (nSPS) is 12.6. The van der Waals surface area contributed by atoms with Crippen LogP contribution in [0.4, 0.5) is 0 Å². The largest absolute Gasteiger partial charge is 0.350 e. The smallest absolute Gasteiger partial charge is 0.0595 e. The van der Waals surface area contributed by atoms with Crippen LogP contribution in [-0.4, -0.2) is 4.57 Å². The summed E-state index contributed by atoms with van der Waals surface area (Å²) in [7, 11) is 0. The number of hydrogen-bond acceptors (Lipinski definition) is 1. The Morgan fingerprint density at radius 3 is 2.70 bits per heavy atom. The second-order valence-electron chi connectivity index (χ2n) is 4.97. The highest BCUT2D eigenvalue weighted by Crippen LogP contribution is 2.25. The number of nitrogens with zero attached hydrogens (tertiary/aromatic N) is 1. The molecule has 2 rings (SSSR count). The molecule has 1 N–H and O–H groups in total. The van der Waals surface area contributed by atoms with Gasteiger partial charge in [-0.25, -0.2) is 0 Å². The lowest BCUT2D eigenvalue weighted by Gasteiger charge is -2.16. The van der Waals surface area contributed by atoms with Crippen molar-refractivity contribution < 1.29 is 0 Å². The fraction of sp³-hybridized carbons (Fsp3) is 0.375. The minimum Gasteiger partial charge on any atom is -0.350 e. The van der Waals surface area contributed by atoms with Gasteiger partial charge >= 0.3 is 0 Å². The summed E-state index contributed by atoms with van der Waals surface area (Å²) in [6, 6.07) is 10.3. The Labute approximate surface area is 130 Å². The molecule has 2 aromatic rings. The van der Waals surface area contributed by atoms with Crippen molar-refractivity contribution in [1.29, 1.82) is 0 Å². The number of hydrogen-bond donors (Lipinski definition) is 1. The number of halogens is 2. The first-order valence-electron chi connectivity index (χ1n) is 6.94. The Bertz CT molecular complexity index is 563. The van der Waals surface area contributed by atoms with Crippen molar-refractivity contribution in [2.24, 2.45) is 0 Å². The Morgan fingerprint density at radius 1 is 1.20 bits per heavy atom. The monoisotopic (exact) mass is 310 g/mol. The van der Waals surface area contributed by atoms with Crippen LogP contribution in [0.3, 0.4) is 0 Å². The second kappa shape index (κ2) is 7.16. The summed E-state index contributed by atoms with van der Waals surface area (Å²) >= 11 is 12.0. The van der Waals surface area contributed by atoms with Gasteiger partial charge in [-0.1, -0.05) is 36.2 Å². The summed E-state index contributed by atoms with van der Waals surface area (Å²) in [5, 5.41) is 4.72. The highest BCUT2D eigenvalue weighted by atomic mass is 35.5. The maximum atomic E-state index is 6.06. The topological polar surface area (TPSA) is 17.0 Å². The molecule has 108 valence electrons. The van der Waals surface area contributed by atoms with Gasteiger partial charge in [0.15, 0.2) is 0 Å². The first-order chi connectivity index (χ1) is 9.61. The molecule has 1 aromatic heterocycles. The van der Waals surface area contributed by atoms with E-state index in [1.807, 2.05) is 18.2 Å². The molecule has 0 aliphatic rings. The minimum absolute atomic E-state index is 0.231. The van der Waals surface area contributed by atoms with E-state index in [1.54, 1.807) is 0 Å². The van der Waals surface area contributed by atoms with Gasteiger partial charge in [0.25, 0.3) is 0 Å². The second-order valence-corrected chi connectivity index (χ2v) is 5.78. The van der Waals surface area contributed by atoms with E-state index in [9.17, 15) is 0 Å². The minimum atomic E-state index is 0.231. The first-order valence-corrected chi connectivity index (χ1v) is 7.69. The summed E-state index contributed by atoms with van der Waals surface area (Å²) in [6.45, 7) is 6.22. The predicted octanol–water partition coefficient (Wildman–Crippen LogP) is 5.06. The molecule has 0 spiro atoms. The number of rotatable bonds is 6. The van der Waals surface area contributed by atoms with Gasteiger partial charge in [0.1, 0.15) is 0 Å². The Balaban J connectivity index is 1.99. The molecule has 20 heavy (non-hydrogen) atoms. The SMILES string of the molecule is CCCn1cccc1CNC(C)c1ccc(Cl)c(Cl)c1. The molecule has 0 saturated carbocycles. The quantitative estimate of drug-likeness (QED) is 0.789. The third-order valence-corrected chi connectivity index (χ3v) is 4.16. The van der Waals surface area contributed by atoms with Gasteiger partial charge in [-0.2, -0.15) is 0 Å². The molecule has 0 aliphatic heterocycles. The van der Waals surface area contributed by atoms with E-state index in [4.69, 9.17) is 23.2 Å². The zero-order chi connectivity index (χ0) is 14.5. The number of benzene rings is 1. The molecule has 0 radical (unpaired) electrons. The van der Waals surface area contributed by atoms with E-state index in [1.165, 1.54) is 5.69 Å². The molecule has 4 heteroatoms. The zero-order valence-corrected chi connectivity index (χ0v) is 13.4. The van der Waals surface area contributed by atoms with Gasteiger partial charge in [0.2, 0.25) is 0 Å². The summed E-state index contributed by atoms with van der Waals surface area (Å²) in [5.74, 6) is 0. The lowest BCUT2D eigenvalue weighted by atomic mass is 10.1. The molecular weight excluding hydrogens is 291 g/mol. The van der Waals surface area contributed by atoms with Gasteiger partial charge in [-0.3, -0.25) is 0 Å². The van der Waals surface area contributed by atoms with Crippen LogP contribution in [0.1, 0.15) is 37.6 Å². The molecular formula is C16H20Cl2N2. The number of aryl methyl sites for hydroxylation is 1. The molecule has 0 amide bonds. The molecule has 2 nitrogen and oxygen atoms in total. The fourth-order valence-electron chi connectivity index (χ4n) is 2.23. The summed E-state index contributed by atoms with van der Waals surface area (Å²) in [6.07, 6.45) is 3.27. The van der Waals surface area contributed by atoms with Crippen molar-refractivity contribution in [3.63, 3.8) is 0 Å². The maximum Gasteiger partial charge on any atom is 0.0595 e. The van der Waals surface area contributed by atoms with E-state index in [2.05, 4.69) is 42.1 Å². The van der Waals surface area contributed by atoms with E-state index >= 15 is 0 Å². The first kappa shape index (κ1) is 15.4. The van der Waals surface area contributed by atoms with Crippen molar-refractivity contribution in [3.05, 3.63) is 57.8 Å². The van der Waals surface area contributed by atoms with Gasteiger partial charge in [-0.05, 0) is 43.2 Å². The van der Waals surface area contributed by atoms with Crippen LogP contribution in [0.5, 0.6) is 0 Å². The fourth-order valence-corrected chi connectivity index (χ4v) is 2.53. The molecule has 1 heterocycles. The highest BCUT2D eigenvalue weighted by Gasteiger charge is 2.08. The molecule has 0 saturated heterocycles. The third kappa shape index (κ3) is 3.78.